The van der Waals surface area contributed by atoms with E-state index in [0.717, 1.165) is 74.8 Å². The number of aromatic nitrogens is 4. The van der Waals surface area contributed by atoms with Gasteiger partial charge in [-0.05, 0) is 46.2 Å². The molecule has 0 bridgehead atoms. The molecule has 2 aromatic heterocycles. The molecule has 0 aromatic carbocycles. The maximum Gasteiger partial charge on any atom is 0.223 e. The normalized spacial score (nSPS) is 19.8. The molecule has 1 fully saturated rings. The number of fused-ring (bicyclic) bond motifs is 1. The molecule has 7 nitrogen and oxygen atoms in total. The van der Waals surface area contributed by atoms with Crippen molar-refractivity contribution in [2.45, 2.75) is 65.1 Å². The van der Waals surface area contributed by atoms with Crippen LogP contribution in [0.2, 0.25) is 0 Å². The summed E-state index contributed by atoms with van der Waals surface area (Å²) in [4.78, 5) is 26.7. The maximum absolute atomic E-state index is 12.9. The zero-order valence-corrected chi connectivity index (χ0v) is 17.2. The molecule has 0 N–H and O–H groups in total. The molecule has 150 valence electrons. The van der Waals surface area contributed by atoms with Crippen LogP contribution < -0.4 is 0 Å². The summed E-state index contributed by atoms with van der Waals surface area (Å²) in [5.74, 6) is 1.04. The van der Waals surface area contributed by atoms with Crippen LogP contribution in [0.25, 0.3) is 0 Å². The number of likely N-dealkylation sites (tertiary alicyclic amines) is 1. The van der Waals surface area contributed by atoms with E-state index in [1.54, 1.807) is 0 Å². The Morgan fingerprint density at radius 2 is 2.14 bits per heavy atom. The summed E-state index contributed by atoms with van der Waals surface area (Å²) >= 11 is 0. The predicted octanol–water partition coefficient (Wildman–Crippen LogP) is 2.42. The summed E-state index contributed by atoms with van der Waals surface area (Å²) < 4.78 is 1.99. The van der Waals surface area contributed by atoms with E-state index in [2.05, 4.69) is 35.0 Å². The molecule has 2 aromatic rings. The molecule has 1 atom stereocenters. The van der Waals surface area contributed by atoms with Gasteiger partial charge in [-0.3, -0.25) is 9.48 Å². The Balaban J connectivity index is 1.39. The van der Waals surface area contributed by atoms with E-state index in [-0.39, 0.29) is 11.9 Å². The first-order valence-electron chi connectivity index (χ1n) is 10.3. The molecular weight excluding hydrogens is 352 g/mol. The number of carbonyl (C=O) groups is 1. The smallest absolute Gasteiger partial charge is 0.223 e. The van der Waals surface area contributed by atoms with Crippen LogP contribution in [0.5, 0.6) is 0 Å². The molecule has 2 aliphatic rings. The van der Waals surface area contributed by atoms with Crippen LogP contribution in [0.1, 0.15) is 60.2 Å². The molecule has 0 radical (unpaired) electrons. The molecule has 7 heteroatoms. The van der Waals surface area contributed by atoms with Gasteiger partial charge in [-0.1, -0.05) is 0 Å². The van der Waals surface area contributed by atoms with Gasteiger partial charge in [0.15, 0.2) is 5.82 Å². The van der Waals surface area contributed by atoms with Crippen molar-refractivity contribution in [1.29, 1.82) is 0 Å². The fourth-order valence-corrected chi connectivity index (χ4v) is 4.39. The fraction of sp³-hybridized carbons (Fsp3) is 0.619. The van der Waals surface area contributed by atoms with Crippen molar-refractivity contribution in [3.8, 4) is 0 Å². The molecule has 2 aliphatic heterocycles. The number of hydrogen-bond donors (Lipinski definition) is 0. The van der Waals surface area contributed by atoms with Crippen molar-refractivity contribution in [2.24, 2.45) is 0 Å². The Labute approximate surface area is 166 Å². The van der Waals surface area contributed by atoms with Gasteiger partial charge in [0.25, 0.3) is 0 Å². The summed E-state index contributed by atoms with van der Waals surface area (Å²) in [5.41, 5.74) is 4.56. The summed E-state index contributed by atoms with van der Waals surface area (Å²) in [6, 6.07) is 2.11. The zero-order valence-electron chi connectivity index (χ0n) is 17.2. The Morgan fingerprint density at radius 1 is 1.29 bits per heavy atom. The van der Waals surface area contributed by atoms with E-state index in [9.17, 15) is 4.79 Å². The van der Waals surface area contributed by atoms with Gasteiger partial charge in [-0.2, -0.15) is 5.10 Å². The van der Waals surface area contributed by atoms with E-state index in [1.807, 2.05) is 22.7 Å². The monoisotopic (exact) mass is 382 g/mol. The maximum atomic E-state index is 12.9. The van der Waals surface area contributed by atoms with E-state index >= 15 is 0 Å². The van der Waals surface area contributed by atoms with E-state index in [4.69, 9.17) is 4.98 Å². The lowest BCUT2D eigenvalue weighted by Crippen LogP contribution is -2.33. The summed E-state index contributed by atoms with van der Waals surface area (Å²) in [5, 5.41) is 4.48. The van der Waals surface area contributed by atoms with Gasteiger partial charge in [0, 0.05) is 62.2 Å². The van der Waals surface area contributed by atoms with Crippen LogP contribution >= 0.6 is 0 Å². The van der Waals surface area contributed by atoms with Gasteiger partial charge < -0.3 is 9.80 Å². The number of carbonyl (C=O) groups excluding carboxylic acids is 1. The highest BCUT2D eigenvalue weighted by Crippen LogP contribution is 2.31. The average molecular weight is 383 g/mol. The molecule has 4 rings (SSSR count). The first-order valence-corrected chi connectivity index (χ1v) is 10.3. The van der Waals surface area contributed by atoms with Crippen LogP contribution in [0.15, 0.2) is 12.3 Å². The van der Waals surface area contributed by atoms with Gasteiger partial charge in [-0.25, -0.2) is 9.97 Å². The van der Waals surface area contributed by atoms with Crippen molar-refractivity contribution >= 4 is 5.91 Å². The topological polar surface area (TPSA) is 67.2 Å². The quantitative estimate of drug-likeness (QED) is 0.794. The predicted molar refractivity (Wildman–Crippen MR) is 107 cm³/mol. The second-order valence-corrected chi connectivity index (χ2v) is 8.19. The van der Waals surface area contributed by atoms with Crippen LogP contribution in [0.3, 0.4) is 0 Å². The molecule has 1 saturated heterocycles. The summed E-state index contributed by atoms with van der Waals surface area (Å²) in [7, 11) is 2.13. The minimum atomic E-state index is 0.0335. The van der Waals surface area contributed by atoms with Crippen molar-refractivity contribution < 1.29 is 4.79 Å². The highest BCUT2D eigenvalue weighted by atomic mass is 16.2. The minimum absolute atomic E-state index is 0.0335. The van der Waals surface area contributed by atoms with Gasteiger partial charge in [-0.15, -0.1) is 0 Å². The van der Waals surface area contributed by atoms with Gasteiger partial charge in [0.2, 0.25) is 5.91 Å². The minimum Gasteiger partial charge on any atom is -0.332 e. The lowest BCUT2D eigenvalue weighted by molar-refractivity contribution is -0.132. The van der Waals surface area contributed by atoms with Crippen molar-refractivity contribution in [3.63, 3.8) is 0 Å². The lowest BCUT2D eigenvalue weighted by Gasteiger charge is -2.27. The van der Waals surface area contributed by atoms with Gasteiger partial charge in [0.1, 0.15) is 0 Å². The lowest BCUT2D eigenvalue weighted by atomic mass is 10.1. The molecule has 0 saturated carbocycles. The summed E-state index contributed by atoms with van der Waals surface area (Å²) in [6.45, 7) is 7.60. The average Bonchev–Trinajstić information content (AvgIpc) is 3.28. The van der Waals surface area contributed by atoms with E-state index < -0.39 is 0 Å². The van der Waals surface area contributed by atoms with E-state index in [1.165, 1.54) is 5.56 Å². The van der Waals surface area contributed by atoms with Crippen LogP contribution in [-0.4, -0.2) is 55.6 Å². The third-order valence-corrected chi connectivity index (χ3v) is 5.88. The Kier molecular flexibility index (Phi) is 5.44. The number of aryl methyl sites for hydroxylation is 3. The number of amides is 1. The Morgan fingerprint density at radius 3 is 2.93 bits per heavy atom. The van der Waals surface area contributed by atoms with Crippen molar-refractivity contribution in [3.05, 3.63) is 40.7 Å². The first kappa shape index (κ1) is 19.1. The fourth-order valence-electron chi connectivity index (χ4n) is 4.39. The van der Waals surface area contributed by atoms with Crippen LogP contribution in [0.4, 0.5) is 0 Å². The Bertz CT molecular complexity index is 861. The number of nitrogens with zero attached hydrogens (tertiary/aromatic N) is 6. The molecule has 1 amide bonds. The van der Waals surface area contributed by atoms with Crippen LogP contribution in [-0.2, 0) is 24.3 Å². The number of likely N-dealkylation sites (N-methyl/N-ethyl adjacent to an activating group) is 1. The van der Waals surface area contributed by atoms with Gasteiger partial charge in [0.05, 0.1) is 11.7 Å². The van der Waals surface area contributed by atoms with Crippen molar-refractivity contribution in [2.75, 3.05) is 20.1 Å². The third kappa shape index (κ3) is 3.94. The summed E-state index contributed by atoms with van der Waals surface area (Å²) in [6.07, 6.45) is 6.27. The van der Waals surface area contributed by atoms with Crippen LogP contribution in [0, 0.1) is 13.8 Å². The zero-order chi connectivity index (χ0) is 19.7. The molecule has 28 heavy (non-hydrogen) atoms. The standard InChI is InChI=1S/C21H30N6O/c1-15-12-16(2)27(24-15)10-5-7-20(28)26-9-4-6-19(26)21-22-13-17-14-25(3)11-8-18(17)23-21/h12-13,19H,4-11,14H2,1-3H3/t19-/m0/s1. The second-order valence-electron chi connectivity index (χ2n) is 8.19. The molecule has 0 unspecified atom stereocenters. The van der Waals surface area contributed by atoms with Gasteiger partial charge >= 0.3 is 0 Å². The molecule has 4 heterocycles. The van der Waals surface area contributed by atoms with Crippen molar-refractivity contribution in [1.82, 2.24) is 29.5 Å². The number of hydrogen-bond acceptors (Lipinski definition) is 5. The molecule has 0 spiro atoms. The highest BCUT2D eigenvalue weighted by Gasteiger charge is 2.32. The second kappa shape index (κ2) is 7.99. The third-order valence-electron chi connectivity index (χ3n) is 5.88. The number of rotatable bonds is 5. The van der Waals surface area contributed by atoms with E-state index in [0.29, 0.717) is 6.42 Å². The Hall–Kier alpha value is -2.28. The molecular formula is C21H30N6O. The molecule has 0 aliphatic carbocycles. The SMILES string of the molecule is Cc1cc(C)n(CCCC(=O)N2CCC[C@H]2c2ncc3c(n2)CCN(C)C3)n1. The first-order chi connectivity index (χ1) is 13.5. The largest absolute Gasteiger partial charge is 0.332 e. The highest BCUT2D eigenvalue weighted by molar-refractivity contribution is 5.76.